The zero-order valence-electron chi connectivity index (χ0n) is 20.8. The molecule has 4 heterocycles. The SMILES string of the molecule is Cc1cc2c(Nc3cc(C)[nH]n3)nc(Sc3ccc(NC(=O)CN4CC[C@@H](OCCO)C4)cc3)nn2c1. The summed E-state index contributed by atoms with van der Waals surface area (Å²) in [6.07, 6.45) is 2.91. The largest absolute Gasteiger partial charge is 0.394 e. The second kappa shape index (κ2) is 11.3. The number of aliphatic hydroxyl groups excluding tert-OH is 1. The lowest BCUT2D eigenvalue weighted by Gasteiger charge is -2.16. The first-order valence-electron chi connectivity index (χ1n) is 12.1. The molecule has 194 valence electrons. The van der Waals surface area contributed by atoms with E-state index in [0.717, 1.165) is 40.3 Å². The van der Waals surface area contributed by atoms with Crippen molar-refractivity contribution in [1.82, 2.24) is 29.7 Å². The van der Waals surface area contributed by atoms with Gasteiger partial charge in [-0.15, -0.1) is 5.10 Å². The predicted octanol–water partition coefficient (Wildman–Crippen LogP) is 2.99. The van der Waals surface area contributed by atoms with Crippen molar-refractivity contribution >= 4 is 40.5 Å². The van der Waals surface area contributed by atoms with Crippen LogP contribution >= 0.6 is 11.8 Å². The number of fused-ring (bicyclic) bond motifs is 1. The van der Waals surface area contributed by atoms with E-state index in [2.05, 4.69) is 30.8 Å². The topological polar surface area (TPSA) is 133 Å². The van der Waals surface area contributed by atoms with E-state index < -0.39 is 0 Å². The maximum Gasteiger partial charge on any atom is 0.238 e. The van der Waals surface area contributed by atoms with Gasteiger partial charge in [-0.25, -0.2) is 9.50 Å². The second-order valence-corrected chi connectivity index (χ2v) is 10.1. The molecule has 0 aliphatic carbocycles. The van der Waals surface area contributed by atoms with Gasteiger partial charge < -0.3 is 20.5 Å². The van der Waals surface area contributed by atoms with Gasteiger partial charge in [0.05, 0.1) is 25.9 Å². The molecule has 1 fully saturated rings. The standard InChI is InChI=1S/C25H30N8O3S/c1-16-11-21-24(27-22-12-17(2)29-30-22)28-25(31-33(21)13-16)37-20-5-3-18(4-6-20)26-23(35)15-32-8-7-19(14-32)36-10-9-34/h3-6,11-13,19,34H,7-10,14-15H2,1-2H3,(H,26,35)(H2,27,28,29,30,31)/t19-/m1/s1. The molecule has 1 aromatic carbocycles. The number of ether oxygens (including phenoxy) is 1. The van der Waals surface area contributed by atoms with Gasteiger partial charge in [0.1, 0.15) is 5.52 Å². The summed E-state index contributed by atoms with van der Waals surface area (Å²) in [7, 11) is 0. The van der Waals surface area contributed by atoms with Crippen LogP contribution in [0.2, 0.25) is 0 Å². The van der Waals surface area contributed by atoms with Crippen LogP contribution in [0.4, 0.5) is 17.3 Å². The Hall–Kier alpha value is -3.45. The highest BCUT2D eigenvalue weighted by atomic mass is 32.2. The minimum Gasteiger partial charge on any atom is -0.394 e. The summed E-state index contributed by atoms with van der Waals surface area (Å²) in [5.74, 6) is 1.30. The normalized spacial score (nSPS) is 15.9. The number of carbonyl (C=O) groups is 1. The van der Waals surface area contributed by atoms with Crippen LogP contribution in [0.3, 0.4) is 0 Å². The van der Waals surface area contributed by atoms with Crippen molar-refractivity contribution in [2.45, 2.75) is 36.4 Å². The maximum absolute atomic E-state index is 12.5. The molecule has 4 N–H and O–H groups in total. The van der Waals surface area contributed by atoms with Crippen LogP contribution in [-0.2, 0) is 9.53 Å². The number of aryl methyl sites for hydroxylation is 2. The minimum atomic E-state index is -0.0655. The molecule has 1 saturated heterocycles. The van der Waals surface area contributed by atoms with Gasteiger partial charge in [-0.1, -0.05) is 0 Å². The third kappa shape index (κ3) is 6.46. The van der Waals surface area contributed by atoms with E-state index in [-0.39, 0.29) is 18.6 Å². The summed E-state index contributed by atoms with van der Waals surface area (Å²) in [5, 5.41) is 27.6. The Balaban J connectivity index is 1.21. The van der Waals surface area contributed by atoms with Gasteiger partial charge in [0.25, 0.3) is 0 Å². The van der Waals surface area contributed by atoms with Crippen molar-refractivity contribution in [2.24, 2.45) is 0 Å². The number of nitrogens with one attached hydrogen (secondary N) is 3. The molecule has 4 aromatic rings. The summed E-state index contributed by atoms with van der Waals surface area (Å²) >= 11 is 1.44. The van der Waals surface area contributed by atoms with Gasteiger partial charge in [-0.2, -0.15) is 5.10 Å². The highest BCUT2D eigenvalue weighted by molar-refractivity contribution is 7.99. The highest BCUT2D eigenvalue weighted by Gasteiger charge is 2.24. The lowest BCUT2D eigenvalue weighted by Crippen LogP contribution is -2.32. The number of anilines is 3. The van der Waals surface area contributed by atoms with Crippen molar-refractivity contribution in [3.8, 4) is 0 Å². The van der Waals surface area contributed by atoms with Crippen LogP contribution in [-0.4, -0.2) is 79.7 Å². The number of amides is 1. The third-order valence-corrected chi connectivity index (χ3v) is 6.78. The summed E-state index contributed by atoms with van der Waals surface area (Å²) in [5.41, 5.74) is 3.64. The number of carbonyl (C=O) groups excluding carboxylic acids is 1. The smallest absolute Gasteiger partial charge is 0.238 e. The second-order valence-electron chi connectivity index (χ2n) is 9.07. The Morgan fingerprint density at radius 2 is 2.11 bits per heavy atom. The number of rotatable bonds is 10. The van der Waals surface area contributed by atoms with E-state index in [4.69, 9.17) is 14.8 Å². The number of hydrogen-bond donors (Lipinski definition) is 4. The molecule has 1 atom stereocenters. The monoisotopic (exact) mass is 522 g/mol. The van der Waals surface area contributed by atoms with Crippen molar-refractivity contribution in [3.63, 3.8) is 0 Å². The molecule has 5 rings (SSSR count). The van der Waals surface area contributed by atoms with E-state index in [1.807, 2.05) is 61.0 Å². The van der Waals surface area contributed by atoms with Crippen molar-refractivity contribution < 1.29 is 14.6 Å². The Bertz CT molecular complexity index is 1370. The Labute approximate surface area is 218 Å². The zero-order valence-corrected chi connectivity index (χ0v) is 21.6. The molecular formula is C25H30N8O3S. The summed E-state index contributed by atoms with van der Waals surface area (Å²) in [6, 6.07) is 11.6. The molecule has 3 aromatic heterocycles. The van der Waals surface area contributed by atoms with Crippen LogP contribution in [0.15, 0.2) is 52.6 Å². The molecule has 1 amide bonds. The quantitative estimate of drug-likeness (QED) is 0.248. The fraction of sp³-hybridized carbons (Fsp3) is 0.360. The van der Waals surface area contributed by atoms with Crippen molar-refractivity contribution in [1.29, 1.82) is 0 Å². The Morgan fingerprint density at radius 1 is 1.27 bits per heavy atom. The van der Waals surface area contributed by atoms with Gasteiger partial charge >= 0.3 is 0 Å². The van der Waals surface area contributed by atoms with Crippen molar-refractivity contribution in [3.05, 3.63) is 53.9 Å². The van der Waals surface area contributed by atoms with Crippen LogP contribution in [0.25, 0.3) is 5.52 Å². The highest BCUT2D eigenvalue weighted by Crippen LogP contribution is 2.29. The number of H-pyrrole nitrogens is 1. The Kier molecular flexibility index (Phi) is 7.70. The number of aromatic nitrogens is 5. The Morgan fingerprint density at radius 3 is 2.86 bits per heavy atom. The third-order valence-electron chi connectivity index (χ3n) is 5.92. The fourth-order valence-electron chi connectivity index (χ4n) is 4.26. The molecule has 0 unspecified atom stereocenters. The van der Waals surface area contributed by atoms with E-state index in [1.54, 1.807) is 0 Å². The van der Waals surface area contributed by atoms with Gasteiger partial charge in [0.2, 0.25) is 11.1 Å². The molecule has 0 saturated carbocycles. The number of likely N-dealkylation sites (tertiary alicyclic amines) is 1. The van der Waals surface area contributed by atoms with Crippen LogP contribution in [0.1, 0.15) is 17.7 Å². The molecule has 1 aliphatic heterocycles. The van der Waals surface area contributed by atoms with Gasteiger partial charge in [-0.05, 0) is 67.9 Å². The van der Waals surface area contributed by atoms with Gasteiger partial charge in [0, 0.05) is 41.6 Å². The molecule has 37 heavy (non-hydrogen) atoms. The molecule has 0 bridgehead atoms. The van der Waals surface area contributed by atoms with Crippen LogP contribution in [0, 0.1) is 13.8 Å². The average molecular weight is 523 g/mol. The van der Waals surface area contributed by atoms with E-state index >= 15 is 0 Å². The molecule has 12 heteroatoms. The number of hydrogen-bond acceptors (Lipinski definition) is 9. The van der Waals surface area contributed by atoms with Crippen LogP contribution < -0.4 is 10.6 Å². The molecule has 1 aliphatic rings. The predicted molar refractivity (Wildman–Crippen MR) is 141 cm³/mol. The molecule has 0 spiro atoms. The summed E-state index contributed by atoms with van der Waals surface area (Å²) < 4.78 is 7.38. The minimum absolute atomic E-state index is 0.0147. The fourth-order valence-corrected chi connectivity index (χ4v) is 5.01. The number of aliphatic hydroxyl groups is 1. The lowest BCUT2D eigenvalue weighted by molar-refractivity contribution is -0.117. The van der Waals surface area contributed by atoms with Crippen molar-refractivity contribution in [2.75, 3.05) is 43.5 Å². The molecule has 11 nitrogen and oxygen atoms in total. The molecular weight excluding hydrogens is 492 g/mol. The van der Waals surface area contributed by atoms with Gasteiger partial charge in [0.15, 0.2) is 11.6 Å². The van der Waals surface area contributed by atoms with E-state index in [9.17, 15) is 4.79 Å². The first-order valence-corrected chi connectivity index (χ1v) is 13.0. The first-order chi connectivity index (χ1) is 17.9. The lowest BCUT2D eigenvalue weighted by atomic mass is 10.3. The zero-order chi connectivity index (χ0) is 25.8. The number of aromatic amines is 1. The summed E-state index contributed by atoms with van der Waals surface area (Å²) in [6.45, 7) is 6.13. The van der Waals surface area contributed by atoms with Crippen LogP contribution in [0.5, 0.6) is 0 Å². The average Bonchev–Trinajstić information content (AvgIpc) is 3.58. The van der Waals surface area contributed by atoms with Gasteiger partial charge in [-0.3, -0.25) is 14.8 Å². The van der Waals surface area contributed by atoms with E-state index in [0.29, 0.717) is 36.5 Å². The molecule has 0 radical (unpaired) electrons. The number of nitrogens with zero attached hydrogens (tertiary/aromatic N) is 5. The number of benzene rings is 1. The first kappa shape index (κ1) is 25.2. The van der Waals surface area contributed by atoms with E-state index in [1.165, 1.54) is 11.8 Å². The summed E-state index contributed by atoms with van der Waals surface area (Å²) in [4.78, 5) is 20.3. The maximum atomic E-state index is 12.5.